The summed E-state index contributed by atoms with van der Waals surface area (Å²) in [6.07, 6.45) is 6.94. The van der Waals surface area contributed by atoms with Gasteiger partial charge in [-0.3, -0.25) is 4.79 Å². The number of primary amides is 1. The molecule has 0 saturated heterocycles. The number of nitrogens with one attached hydrogen (secondary N) is 1. The Morgan fingerprint density at radius 3 is 2.79 bits per heavy atom. The van der Waals surface area contributed by atoms with E-state index in [-0.39, 0.29) is 12.0 Å². The second-order valence-electron chi connectivity index (χ2n) is 5.80. The molecule has 0 heterocycles. The average Bonchev–Trinajstić information content (AvgIpc) is 3.19. The van der Waals surface area contributed by atoms with Gasteiger partial charge in [-0.15, -0.1) is 0 Å². The molecule has 1 amide bonds. The van der Waals surface area contributed by atoms with Gasteiger partial charge in [0.2, 0.25) is 5.91 Å². The Balaban J connectivity index is 1.84. The van der Waals surface area contributed by atoms with Crippen molar-refractivity contribution in [1.82, 2.24) is 5.32 Å². The van der Waals surface area contributed by atoms with E-state index in [4.69, 9.17) is 15.2 Å². The van der Waals surface area contributed by atoms with Crippen LogP contribution in [0.25, 0.3) is 0 Å². The fraction of sp³-hybridized carbons (Fsp3) is 0.929. The molecule has 0 aromatic rings. The van der Waals surface area contributed by atoms with Crippen LogP contribution in [0.4, 0.5) is 0 Å². The van der Waals surface area contributed by atoms with Gasteiger partial charge < -0.3 is 20.5 Å². The largest absolute Gasteiger partial charge is 0.385 e. The Labute approximate surface area is 115 Å². The number of carbonyl (C=O) groups is 1. The maximum absolute atomic E-state index is 11.8. The molecule has 2 aliphatic carbocycles. The van der Waals surface area contributed by atoms with E-state index in [2.05, 4.69) is 5.32 Å². The first-order chi connectivity index (χ1) is 9.16. The van der Waals surface area contributed by atoms with Crippen LogP contribution in [0.3, 0.4) is 0 Å². The molecule has 0 aliphatic heterocycles. The van der Waals surface area contributed by atoms with E-state index in [1.165, 1.54) is 0 Å². The van der Waals surface area contributed by atoms with E-state index >= 15 is 0 Å². The molecular formula is C14H26N2O3. The predicted molar refractivity (Wildman–Crippen MR) is 72.8 cm³/mol. The number of ether oxygens (including phenoxy) is 2. The molecule has 0 aromatic heterocycles. The van der Waals surface area contributed by atoms with Crippen LogP contribution in [-0.2, 0) is 14.3 Å². The van der Waals surface area contributed by atoms with Crippen molar-refractivity contribution < 1.29 is 14.3 Å². The van der Waals surface area contributed by atoms with E-state index in [0.29, 0.717) is 25.7 Å². The van der Waals surface area contributed by atoms with Gasteiger partial charge in [0.1, 0.15) is 5.54 Å². The molecule has 2 rings (SSSR count). The summed E-state index contributed by atoms with van der Waals surface area (Å²) in [6, 6.07) is 0.486. The van der Waals surface area contributed by atoms with E-state index in [0.717, 1.165) is 38.5 Å². The van der Waals surface area contributed by atoms with E-state index < -0.39 is 5.54 Å². The van der Waals surface area contributed by atoms with Gasteiger partial charge in [0, 0.05) is 32.8 Å². The summed E-state index contributed by atoms with van der Waals surface area (Å²) in [7, 11) is 1.69. The number of nitrogens with two attached hydrogens (primary N) is 1. The zero-order valence-corrected chi connectivity index (χ0v) is 11.8. The molecule has 2 unspecified atom stereocenters. The summed E-state index contributed by atoms with van der Waals surface area (Å²) >= 11 is 0. The molecule has 2 saturated carbocycles. The van der Waals surface area contributed by atoms with Gasteiger partial charge in [-0.25, -0.2) is 0 Å². The van der Waals surface area contributed by atoms with Crippen LogP contribution in [0.1, 0.15) is 44.9 Å². The third kappa shape index (κ3) is 4.16. The molecule has 0 bridgehead atoms. The van der Waals surface area contributed by atoms with Crippen LogP contribution in [-0.4, -0.2) is 43.9 Å². The van der Waals surface area contributed by atoms with E-state index in [9.17, 15) is 4.79 Å². The predicted octanol–water partition coefficient (Wildman–Crippen LogP) is 0.958. The molecule has 2 aliphatic rings. The Bertz CT molecular complexity index is 307. The molecule has 3 N–H and O–H groups in total. The van der Waals surface area contributed by atoms with Crippen LogP contribution in [0.5, 0.6) is 0 Å². The molecule has 0 spiro atoms. The monoisotopic (exact) mass is 270 g/mol. The second kappa shape index (κ2) is 6.68. The molecule has 110 valence electrons. The first-order valence-electron chi connectivity index (χ1n) is 7.34. The van der Waals surface area contributed by atoms with Crippen molar-refractivity contribution in [2.75, 3.05) is 20.3 Å². The van der Waals surface area contributed by atoms with Crippen LogP contribution < -0.4 is 11.1 Å². The number of amides is 1. The highest BCUT2D eigenvalue weighted by atomic mass is 16.5. The van der Waals surface area contributed by atoms with Gasteiger partial charge in [-0.05, 0) is 38.5 Å². The third-order valence-electron chi connectivity index (χ3n) is 4.08. The topological polar surface area (TPSA) is 73.6 Å². The molecule has 0 aromatic carbocycles. The summed E-state index contributed by atoms with van der Waals surface area (Å²) in [5, 5.41) is 3.46. The first kappa shape index (κ1) is 14.8. The highest BCUT2D eigenvalue weighted by molar-refractivity contribution is 5.85. The molecule has 2 fully saturated rings. The quantitative estimate of drug-likeness (QED) is 0.644. The van der Waals surface area contributed by atoms with E-state index in [1.807, 2.05) is 0 Å². The van der Waals surface area contributed by atoms with Gasteiger partial charge in [-0.1, -0.05) is 0 Å². The van der Waals surface area contributed by atoms with Gasteiger partial charge in [0.15, 0.2) is 0 Å². The second-order valence-corrected chi connectivity index (χ2v) is 5.80. The fourth-order valence-electron chi connectivity index (χ4n) is 2.86. The first-order valence-corrected chi connectivity index (χ1v) is 7.34. The van der Waals surface area contributed by atoms with Crippen molar-refractivity contribution >= 4 is 5.91 Å². The minimum atomic E-state index is -0.536. The lowest BCUT2D eigenvalue weighted by Gasteiger charge is -2.39. The van der Waals surface area contributed by atoms with Gasteiger partial charge in [0.25, 0.3) is 0 Å². The molecule has 5 heteroatoms. The summed E-state index contributed by atoms with van der Waals surface area (Å²) in [4.78, 5) is 11.8. The summed E-state index contributed by atoms with van der Waals surface area (Å²) in [6.45, 7) is 1.41. The molecular weight excluding hydrogens is 244 g/mol. The maximum Gasteiger partial charge on any atom is 0.237 e. The minimum absolute atomic E-state index is 0.143. The Morgan fingerprint density at radius 2 is 2.16 bits per heavy atom. The van der Waals surface area contributed by atoms with Gasteiger partial charge in [0.05, 0.1) is 6.10 Å². The third-order valence-corrected chi connectivity index (χ3v) is 4.08. The number of rotatable bonds is 8. The summed E-state index contributed by atoms with van der Waals surface area (Å²) in [5.74, 6) is -0.218. The van der Waals surface area contributed by atoms with Crippen molar-refractivity contribution in [2.24, 2.45) is 5.73 Å². The smallest absolute Gasteiger partial charge is 0.237 e. The maximum atomic E-state index is 11.8. The number of methoxy groups -OCH3 is 1. The van der Waals surface area contributed by atoms with Crippen LogP contribution in [0, 0.1) is 0 Å². The number of hydrogen-bond acceptors (Lipinski definition) is 4. The highest BCUT2D eigenvalue weighted by Gasteiger charge is 2.44. The Morgan fingerprint density at radius 1 is 1.37 bits per heavy atom. The zero-order chi connectivity index (χ0) is 13.7. The Hall–Kier alpha value is -0.650. The van der Waals surface area contributed by atoms with Gasteiger partial charge in [-0.2, -0.15) is 0 Å². The number of hydrogen-bond donors (Lipinski definition) is 2. The van der Waals surface area contributed by atoms with Crippen molar-refractivity contribution in [1.29, 1.82) is 0 Å². The summed E-state index contributed by atoms with van der Waals surface area (Å²) in [5.41, 5.74) is 5.10. The molecule has 0 radical (unpaired) electrons. The molecule has 19 heavy (non-hydrogen) atoms. The van der Waals surface area contributed by atoms with Crippen molar-refractivity contribution in [3.63, 3.8) is 0 Å². The van der Waals surface area contributed by atoms with Gasteiger partial charge >= 0.3 is 0 Å². The van der Waals surface area contributed by atoms with E-state index in [1.54, 1.807) is 7.11 Å². The lowest BCUT2D eigenvalue weighted by atomic mass is 9.79. The highest BCUT2D eigenvalue weighted by Crippen LogP contribution is 2.33. The average molecular weight is 270 g/mol. The van der Waals surface area contributed by atoms with Crippen LogP contribution in [0.2, 0.25) is 0 Å². The zero-order valence-electron chi connectivity index (χ0n) is 11.8. The Kier molecular flexibility index (Phi) is 5.19. The van der Waals surface area contributed by atoms with Crippen molar-refractivity contribution in [2.45, 2.75) is 62.6 Å². The fourth-order valence-corrected chi connectivity index (χ4v) is 2.86. The van der Waals surface area contributed by atoms with Crippen molar-refractivity contribution in [3.8, 4) is 0 Å². The van der Waals surface area contributed by atoms with Crippen LogP contribution in [0.15, 0.2) is 0 Å². The standard InChI is InChI=1S/C14H26N2O3/c1-18-8-3-9-19-12-4-2-7-14(10-12,13(15)17)16-11-5-6-11/h11-12,16H,2-10H2,1H3,(H2,15,17). The normalized spacial score (nSPS) is 31.3. The lowest BCUT2D eigenvalue weighted by Crippen LogP contribution is -2.59. The SMILES string of the molecule is COCCCOC1CCCC(NC2CC2)(C(N)=O)C1. The molecule has 5 nitrogen and oxygen atoms in total. The molecule has 2 atom stereocenters. The minimum Gasteiger partial charge on any atom is -0.385 e. The lowest BCUT2D eigenvalue weighted by molar-refractivity contribution is -0.128. The van der Waals surface area contributed by atoms with Crippen LogP contribution >= 0.6 is 0 Å². The summed E-state index contributed by atoms with van der Waals surface area (Å²) < 4.78 is 10.9. The number of carbonyl (C=O) groups excluding carboxylic acids is 1. The van der Waals surface area contributed by atoms with Crippen molar-refractivity contribution in [3.05, 3.63) is 0 Å².